The monoisotopic (exact) mass is 526 g/mol. The Morgan fingerprint density at radius 2 is 2.00 bits per heavy atom. The highest BCUT2D eigenvalue weighted by Gasteiger charge is 2.30. The number of thioether (sulfide) groups is 1. The van der Waals surface area contributed by atoms with Gasteiger partial charge < -0.3 is 9.30 Å². The normalized spacial score (nSPS) is 14.7. The summed E-state index contributed by atoms with van der Waals surface area (Å²) in [5.74, 6) is 0.845. The molecule has 4 rings (SSSR count). The summed E-state index contributed by atoms with van der Waals surface area (Å²) in [5.41, 5.74) is -0.782. The maximum absolute atomic E-state index is 12.9. The number of ether oxygens (including phenoxy) is 1. The van der Waals surface area contributed by atoms with Crippen molar-refractivity contribution >= 4 is 34.1 Å². The fraction of sp³-hybridized carbons (Fsp3) is 0.500. The van der Waals surface area contributed by atoms with E-state index in [-0.39, 0.29) is 24.0 Å². The molecule has 1 aromatic carbocycles. The highest BCUT2D eigenvalue weighted by molar-refractivity contribution is 7.99. The molecule has 1 saturated carbocycles. The van der Waals surface area contributed by atoms with Gasteiger partial charge in [-0.25, -0.2) is 0 Å². The van der Waals surface area contributed by atoms with Crippen LogP contribution in [0.2, 0.25) is 0 Å². The summed E-state index contributed by atoms with van der Waals surface area (Å²) in [6.45, 7) is 2.35. The second-order valence-corrected chi connectivity index (χ2v) is 10.0. The van der Waals surface area contributed by atoms with Crippen LogP contribution in [0.3, 0.4) is 0 Å². The summed E-state index contributed by atoms with van der Waals surface area (Å²) in [4.78, 5) is 12.4. The number of carbonyl (C=O) groups is 1. The van der Waals surface area contributed by atoms with Gasteiger partial charge in [0.15, 0.2) is 11.0 Å². The van der Waals surface area contributed by atoms with Gasteiger partial charge in [0.2, 0.25) is 11.0 Å². The van der Waals surface area contributed by atoms with Crippen molar-refractivity contribution in [3.8, 4) is 5.75 Å². The molecule has 2 heterocycles. The first-order chi connectivity index (χ1) is 16.8. The number of aromatic nitrogens is 5. The van der Waals surface area contributed by atoms with E-state index in [9.17, 15) is 18.0 Å². The van der Waals surface area contributed by atoms with E-state index in [1.165, 1.54) is 54.5 Å². The van der Waals surface area contributed by atoms with Crippen LogP contribution in [0.25, 0.3) is 0 Å². The van der Waals surface area contributed by atoms with Crippen LogP contribution < -0.4 is 10.1 Å². The lowest BCUT2D eigenvalue weighted by molar-refractivity contribution is -0.137. The standard InChI is InChI=1S/C22H25F3N6O2S2/c1-2-31-17(12-33-16-10-6-9-15(11-16)22(23,24)25)27-30-21(31)34-13-18(32)26-20-29-28-19(35-20)14-7-4-3-5-8-14/h6,9-11,14H,2-5,7-8,12-13H2,1H3,(H,26,29,32). The Labute approximate surface area is 208 Å². The van der Waals surface area contributed by atoms with Crippen molar-refractivity contribution in [2.45, 2.75) is 69.4 Å². The minimum atomic E-state index is -4.45. The molecule has 0 atom stereocenters. The molecule has 35 heavy (non-hydrogen) atoms. The van der Waals surface area contributed by atoms with E-state index in [4.69, 9.17) is 4.74 Å². The number of halogens is 3. The molecule has 8 nitrogen and oxygen atoms in total. The molecule has 1 fully saturated rings. The topological polar surface area (TPSA) is 94.8 Å². The van der Waals surface area contributed by atoms with E-state index in [1.54, 1.807) is 4.57 Å². The van der Waals surface area contributed by atoms with Crippen molar-refractivity contribution in [1.29, 1.82) is 0 Å². The number of amides is 1. The summed E-state index contributed by atoms with van der Waals surface area (Å²) >= 11 is 2.64. The third-order valence-corrected chi connectivity index (χ3v) is 7.58. The number of carbonyl (C=O) groups excluding carboxylic acids is 1. The summed E-state index contributed by atoms with van der Waals surface area (Å²) < 4.78 is 46.0. The number of alkyl halides is 3. The molecule has 0 unspecified atom stereocenters. The maximum Gasteiger partial charge on any atom is 0.416 e. The fourth-order valence-corrected chi connectivity index (χ4v) is 5.60. The van der Waals surface area contributed by atoms with Crippen LogP contribution in [0.1, 0.15) is 61.3 Å². The first kappa shape index (κ1) is 25.4. The van der Waals surface area contributed by atoms with Gasteiger partial charge in [0, 0.05) is 12.5 Å². The zero-order valence-corrected chi connectivity index (χ0v) is 20.7. The quantitative estimate of drug-likeness (QED) is 0.367. The first-order valence-corrected chi connectivity index (χ1v) is 13.1. The van der Waals surface area contributed by atoms with Gasteiger partial charge in [-0.1, -0.05) is 48.4 Å². The molecule has 2 aromatic heterocycles. The Morgan fingerprint density at radius 1 is 1.20 bits per heavy atom. The molecule has 0 saturated heterocycles. The summed E-state index contributed by atoms with van der Waals surface area (Å²) in [6.07, 6.45) is 1.45. The van der Waals surface area contributed by atoms with Crippen LogP contribution in [0.5, 0.6) is 5.75 Å². The summed E-state index contributed by atoms with van der Waals surface area (Å²) in [5, 5.41) is 21.3. The van der Waals surface area contributed by atoms with Gasteiger partial charge in [-0.3, -0.25) is 10.1 Å². The number of benzene rings is 1. The zero-order chi connectivity index (χ0) is 24.8. The summed E-state index contributed by atoms with van der Waals surface area (Å²) in [7, 11) is 0. The van der Waals surface area contributed by atoms with Crippen LogP contribution in [0, 0.1) is 0 Å². The number of nitrogens with zero attached hydrogens (tertiary/aromatic N) is 5. The number of anilines is 1. The molecule has 0 bridgehead atoms. The van der Waals surface area contributed by atoms with Gasteiger partial charge in [0.05, 0.1) is 11.3 Å². The molecule has 1 aliphatic rings. The van der Waals surface area contributed by atoms with Gasteiger partial charge in [-0.2, -0.15) is 13.2 Å². The molecular formula is C22H25F3N6O2S2. The first-order valence-electron chi connectivity index (χ1n) is 11.3. The van der Waals surface area contributed by atoms with Gasteiger partial charge in [0.25, 0.3) is 0 Å². The molecule has 0 radical (unpaired) electrons. The molecule has 1 amide bonds. The number of hydrogen-bond acceptors (Lipinski definition) is 8. The Balaban J connectivity index is 1.30. The Hall–Kier alpha value is -2.67. The van der Waals surface area contributed by atoms with E-state index >= 15 is 0 Å². The largest absolute Gasteiger partial charge is 0.486 e. The molecule has 1 aliphatic carbocycles. The molecule has 13 heteroatoms. The lowest BCUT2D eigenvalue weighted by Crippen LogP contribution is -2.14. The second-order valence-electron chi connectivity index (χ2n) is 8.07. The number of nitrogens with one attached hydrogen (secondary N) is 1. The maximum atomic E-state index is 12.9. The van der Waals surface area contributed by atoms with Crippen LogP contribution >= 0.6 is 23.1 Å². The molecule has 0 aliphatic heterocycles. The van der Waals surface area contributed by atoms with Crippen LogP contribution in [-0.2, 0) is 24.1 Å². The Morgan fingerprint density at radius 3 is 2.74 bits per heavy atom. The van der Waals surface area contributed by atoms with Crippen molar-refractivity contribution in [3.63, 3.8) is 0 Å². The lowest BCUT2D eigenvalue weighted by atomic mass is 9.90. The average Bonchev–Trinajstić information content (AvgIpc) is 3.48. The molecular weight excluding hydrogens is 501 g/mol. The molecule has 3 aromatic rings. The van der Waals surface area contributed by atoms with Crippen molar-refractivity contribution in [2.24, 2.45) is 0 Å². The second kappa shape index (κ2) is 11.4. The molecule has 1 N–H and O–H groups in total. The van der Waals surface area contributed by atoms with Crippen molar-refractivity contribution in [3.05, 3.63) is 40.7 Å². The third kappa shape index (κ3) is 6.72. The van der Waals surface area contributed by atoms with Crippen LogP contribution in [0.15, 0.2) is 29.4 Å². The van der Waals surface area contributed by atoms with E-state index in [2.05, 4.69) is 25.7 Å². The van der Waals surface area contributed by atoms with Gasteiger partial charge in [-0.05, 0) is 38.0 Å². The van der Waals surface area contributed by atoms with E-state index in [0.717, 1.165) is 30.0 Å². The predicted octanol–water partition coefficient (Wildman–Crippen LogP) is 5.53. The van der Waals surface area contributed by atoms with E-state index in [1.807, 2.05) is 6.92 Å². The van der Waals surface area contributed by atoms with E-state index in [0.29, 0.717) is 28.6 Å². The average molecular weight is 527 g/mol. The fourth-order valence-electron chi connectivity index (χ4n) is 3.85. The van der Waals surface area contributed by atoms with Crippen molar-refractivity contribution < 1.29 is 22.7 Å². The van der Waals surface area contributed by atoms with Gasteiger partial charge in [0.1, 0.15) is 17.4 Å². The van der Waals surface area contributed by atoms with E-state index < -0.39 is 11.7 Å². The zero-order valence-electron chi connectivity index (χ0n) is 19.0. The van der Waals surface area contributed by atoms with Crippen molar-refractivity contribution in [1.82, 2.24) is 25.0 Å². The minimum Gasteiger partial charge on any atom is -0.486 e. The highest BCUT2D eigenvalue weighted by Crippen LogP contribution is 2.35. The number of rotatable bonds is 9. The van der Waals surface area contributed by atoms with Gasteiger partial charge in [-0.15, -0.1) is 20.4 Å². The summed E-state index contributed by atoms with van der Waals surface area (Å²) in [6, 6.07) is 4.67. The Bertz CT molecular complexity index is 1140. The molecule has 188 valence electrons. The minimum absolute atomic E-state index is 0.0519. The Kier molecular flexibility index (Phi) is 8.26. The van der Waals surface area contributed by atoms with Crippen LogP contribution in [-0.4, -0.2) is 36.6 Å². The highest BCUT2D eigenvalue weighted by atomic mass is 32.2. The lowest BCUT2D eigenvalue weighted by Gasteiger charge is -2.18. The molecule has 0 spiro atoms. The van der Waals surface area contributed by atoms with Gasteiger partial charge >= 0.3 is 6.18 Å². The predicted molar refractivity (Wildman–Crippen MR) is 127 cm³/mol. The third-order valence-electron chi connectivity index (χ3n) is 5.61. The SMILES string of the molecule is CCn1c(COc2cccc(C(F)(F)F)c2)nnc1SCC(=O)Nc1nnc(C2CCCCC2)s1. The number of hydrogen-bond donors (Lipinski definition) is 1. The van der Waals surface area contributed by atoms with Crippen LogP contribution in [0.4, 0.5) is 18.3 Å². The smallest absolute Gasteiger partial charge is 0.416 e. The van der Waals surface area contributed by atoms with Crippen molar-refractivity contribution in [2.75, 3.05) is 11.1 Å².